The van der Waals surface area contributed by atoms with Crippen molar-refractivity contribution < 1.29 is 9.13 Å². The second kappa shape index (κ2) is 5.36. The number of benzene rings is 1. The summed E-state index contributed by atoms with van der Waals surface area (Å²) >= 11 is 0. The molecule has 1 unspecified atom stereocenters. The topological polar surface area (TPSA) is 52.0 Å². The third-order valence-corrected chi connectivity index (χ3v) is 3.17. The van der Waals surface area contributed by atoms with E-state index in [4.69, 9.17) is 4.74 Å². The van der Waals surface area contributed by atoms with Crippen LogP contribution in [0.4, 0.5) is 10.1 Å². The van der Waals surface area contributed by atoms with E-state index in [0.29, 0.717) is 12.2 Å². The predicted molar refractivity (Wildman–Crippen MR) is 68.8 cm³/mol. The molecule has 100 valence electrons. The molecule has 0 radical (unpaired) electrons. The molecule has 5 nitrogen and oxygen atoms in total. The zero-order valence-electron chi connectivity index (χ0n) is 10.4. The molecule has 1 N–H and O–H groups in total. The minimum absolute atomic E-state index is 0.234. The zero-order chi connectivity index (χ0) is 13.1. The van der Waals surface area contributed by atoms with Gasteiger partial charge in [0.15, 0.2) is 5.82 Å². The molecule has 1 aliphatic heterocycles. The predicted octanol–water partition coefficient (Wildman–Crippen LogP) is 2.00. The minimum atomic E-state index is -0.331. The van der Waals surface area contributed by atoms with Crippen LogP contribution in [0.25, 0.3) is 5.69 Å². The molecule has 0 saturated carbocycles. The maximum Gasteiger partial charge on any atom is 0.150 e. The van der Waals surface area contributed by atoms with E-state index in [1.165, 1.54) is 23.4 Å². The number of hydrogen-bond acceptors (Lipinski definition) is 4. The second-order valence-electron chi connectivity index (χ2n) is 4.52. The second-order valence-corrected chi connectivity index (χ2v) is 4.52. The van der Waals surface area contributed by atoms with Gasteiger partial charge in [0.05, 0.1) is 6.10 Å². The van der Waals surface area contributed by atoms with Gasteiger partial charge in [-0.2, -0.15) is 5.10 Å². The summed E-state index contributed by atoms with van der Waals surface area (Å²) in [5, 5.41) is 7.10. The zero-order valence-corrected chi connectivity index (χ0v) is 10.4. The van der Waals surface area contributed by atoms with Crippen LogP contribution in [0.3, 0.4) is 0 Å². The largest absolute Gasteiger partial charge is 0.382 e. The first-order valence-corrected chi connectivity index (χ1v) is 6.33. The van der Waals surface area contributed by atoms with E-state index in [1.807, 2.05) is 6.07 Å². The third-order valence-electron chi connectivity index (χ3n) is 3.17. The van der Waals surface area contributed by atoms with Crippen LogP contribution < -0.4 is 5.32 Å². The molecule has 0 aliphatic carbocycles. The first-order chi connectivity index (χ1) is 9.33. The Balaban J connectivity index is 1.68. The molecule has 2 heterocycles. The normalized spacial score (nSPS) is 18.7. The van der Waals surface area contributed by atoms with Crippen LogP contribution in [-0.2, 0) is 4.74 Å². The maximum absolute atomic E-state index is 14.0. The van der Waals surface area contributed by atoms with Gasteiger partial charge < -0.3 is 10.1 Å². The third kappa shape index (κ3) is 2.73. The van der Waals surface area contributed by atoms with E-state index in [-0.39, 0.29) is 11.9 Å². The van der Waals surface area contributed by atoms with Crippen LogP contribution in [0.2, 0.25) is 0 Å². The van der Waals surface area contributed by atoms with Crippen LogP contribution in [0, 0.1) is 5.82 Å². The number of halogens is 1. The number of ether oxygens (including phenoxy) is 1. The van der Waals surface area contributed by atoms with Crippen molar-refractivity contribution in [3.05, 3.63) is 36.7 Å². The van der Waals surface area contributed by atoms with Crippen LogP contribution in [0.15, 0.2) is 30.9 Å². The first-order valence-electron chi connectivity index (χ1n) is 6.33. The van der Waals surface area contributed by atoms with Gasteiger partial charge in [-0.05, 0) is 31.0 Å². The molecule has 0 spiro atoms. The lowest BCUT2D eigenvalue weighted by Gasteiger charge is -2.12. The van der Waals surface area contributed by atoms with Gasteiger partial charge in [-0.25, -0.2) is 14.1 Å². The van der Waals surface area contributed by atoms with Crippen LogP contribution in [-0.4, -0.2) is 34.0 Å². The van der Waals surface area contributed by atoms with Crippen molar-refractivity contribution >= 4 is 5.69 Å². The first kappa shape index (κ1) is 12.1. The average Bonchev–Trinajstić information content (AvgIpc) is 3.10. The molecule has 1 aromatic carbocycles. The fourth-order valence-corrected chi connectivity index (χ4v) is 2.17. The number of nitrogens with zero attached hydrogens (tertiary/aromatic N) is 3. The summed E-state index contributed by atoms with van der Waals surface area (Å²) < 4.78 is 20.9. The van der Waals surface area contributed by atoms with Crippen molar-refractivity contribution in [3.63, 3.8) is 0 Å². The summed E-state index contributed by atoms with van der Waals surface area (Å²) in [7, 11) is 0. The number of anilines is 1. The fraction of sp³-hybridized carbons (Fsp3) is 0.385. The number of hydrogen-bond donors (Lipinski definition) is 1. The summed E-state index contributed by atoms with van der Waals surface area (Å²) in [6, 6.07) is 4.98. The van der Waals surface area contributed by atoms with Gasteiger partial charge in [-0.3, -0.25) is 0 Å². The average molecular weight is 262 g/mol. The SMILES string of the molecule is Fc1cc(NCC2CCCO2)ccc1-n1cncn1. The molecule has 3 rings (SSSR count). The molecule has 1 aliphatic rings. The molecule has 1 aromatic heterocycles. The molecular formula is C13H15FN4O. The number of nitrogens with one attached hydrogen (secondary N) is 1. The molecule has 1 saturated heterocycles. The molecule has 1 atom stereocenters. The summed E-state index contributed by atoms with van der Waals surface area (Å²) in [6.07, 6.45) is 5.25. The molecular weight excluding hydrogens is 247 g/mol. The van der Waals surface area contributed by atoms with Crippen LogP contribution >= 0.6 is 0 Å². The van der Waals surface area contributed by atoms with Crippen molar-refractivity contribution in [2.45, 2.75) is 18.9 Å². The smallest absolute Gasteiger partial charge is 0.150 e. The highest BCUT2D eigenvalue weighted by Gasteiger charge is 2.15. The Kier molecular flexibility index (Phi) is 3.41. The highest BCUT2D eigenvalue weighted by atomic mass is 19.1. The van der Waals surface area contributed by atoms with Crippen molar-refractivity contribution in [2.24, 2.45) is 0 Å². The standard InChI is InChI=1S/C13H15FN4O/c14-12-6-10(16-7-11-2-1-5-19-11)3-4-13(12)18-9-15-8-17-18/h3-4,6,8-9,11,16H,1-2,5,7H2. The lowest BCUT2D eigenvalue weighted by atomic mass is 10.2. The Morgan fingerprint density at radius 3 is 3.11 bits per heavy atom. The highest BCUT2D eigenvalue weighted by Crippen LogP contribution is 2.18. The van der Waals surface area contributed by atoms with E-state index in [9.17, 15) is 4.39 Å². The lowest BCUT2D eigenvalue weighted by Crippen LogP contribution is -2.18. The van der Waals surface area contributed by atoms with Crippen molar-refractivity contribution in [2.75, 3.05) is 18.5 Å². The maximum atomic E-state index is 14.0. The van der Waals surface area contributed by atoms with Crippen LogP contribution in [0.5, 0.6) is 0 Å². The van der Waals surface area contributed by atoms with E-state index in [2.05, 4.69) is 15.4 Å². The Morgan fingerprint density at radius 1 is 1.47 bits per heavy atom. The quantitative estimate of drug-likeness (QED) is 0.915. The summed E-state index contributed by atoms with van der Waals surface area (Å²) in [5.41, 5.74) is 1.14. The van der Waals surface area contributed by atoms with Gasteiger partial charge in [0, 0.05) is 18.8 Å². The van der Waals surface area contributed by atoms with Crippen molar-refractivity contribution in [1.29, 1.82) is 0 Å². The van der Waals surface area contributed by atoms with E-state index in [0.717, 1.165) is 25.1 Å². The van der Waals surface area contributed by atoms with E-state index < -0.39 is 0 Å². The monoisotopic (exact) mass is 262 g/mol. The van der Waals surface area contributed by atoms with Gasteiger partial charge in [0.2, 0.25) is 0 Å². The van der Waals surface area contributed by atoms with Crippen LogP contribution in [0.1, 0.15) is 12.8 Å². The fourth-order valence-electron chi connectivity index (χ4n) is 2.17. The van der Waals surface area contributed by atoms with E-state index in [1.54, 1.807) is 6.07 Å². The molecule has 0 bridgehead atoms. The van der Waals surface area contributed by atoms with Crippen molar-refractivity contribution in [1.82, 2.24) is 14.8 Å². The highest BCUT2D eigenvalue weighted by molar-refractivity contribution is 5.49. The summed E-state index contributed by atoms with van der Waals surface area (Å²) in [5.74, 6) is -0.331. The van der Waals surface area contributed by atoms with Gasteiger partial charge in [-0.1, -0.05) is 0 Å². The molecule has 1 fully saturated rings. The molecule has 6 heteroatoms. The van der Waals surface area contributed by atoms with E-state index >= 15 is 0 Å². The van der Waals surface area contributed by atoms with Gasteiger partial charge in [-0.15, -0.1) is 0 Å². The number of aromatic nitrogens is 3. The molecule has 2 aromatic rings. The lowest BCUT2D eigenvalue weighted by molar-refractivity contribution is 0.120. The molecule has 0 amide bonds. The Bertz CT molecular complexity index is 538. The van der Waals surface area contributed by atoms with Gasteiger partial charge in [0.25, 0.3) is 0 Å². The van der Waals surface area contributed by atoms with Gasteiger partial charge >= 0.3 is 0 Å². The minimum Gasteiger partial charge on any atom is -0.382 e. The Labute approximate surface area is 110 Å². The summed E-state index contributed by atoms with van der Waals surface area (Å²) in [4.78, 5) is 3.80. The summed E-state index contributed by atoms with van der Waals surface area (Å²) in [6.45, 7) is 1.54. The number of rotatable bonds is 4. The Morgan fingerprint density at radius 2 is 2.42 bits per heavy atom. The Hall–Kier alpha value is -1.95. The molecule has 19 heavy (non-hydrogen) atoms. The van der Waals surface area contributed by atoms with Crippen molar-refractivity contribution in [3.8, 4) is 5.69 Å². The van der Waals surface area contributed by atoms with Gasteiger partial charge in [0.1, 0.15) is 18.3 Å².